The first-order valence-electron chi connectivity index (χ1n) is 11.6. The van der Waals surface area contributed by atoms with E-state index in [4.69, 9.17) is 5.10 Å². The molecule has 0 unspecified atom stereocenters. The fraction of sp³-hybridized carbons (Fsp3) is 0.296. The molecule has 0 saturated heterocycles. The molecule has 5 rings (SSSR count). The fourth-order valence-corrected chi connectivity index (χ4v) is 3.93. The summed E-state index contributed by atoms with van der Waals surface area (Å²) in [6.07, 6.45) is 3.92. The number of imidazole rings is 1. The lowest BCUT2D eigenvalue weighted by molar-refractivity contribution is 0.0940. The largest absolute Gasteiger partial charge is 0.389 e. The average Bonchev–Trinajstić information content (AvgIpc) is 3.52. The predicted octanol–water partition coefficient (Wildman–Crippen LogP) is 4.45. The van der Waals surface area contributed by atoms with Gasteiger partial charge in [0.15, 0.2) is 5.65 Å². The van der Waals surface area contributed by atoms with Gasteiger partial charge in [0.2, 0.25) is 0 Å². The summed E-state index contributed by atoms with van der Waals surface area (Å²) in [5.74, 6) is -0.0210. The standard InChI is InChI=1S/C27H29N5O2/c1-17-13-19(9-12-21(17)26(33)30-20-10-11-20)24-15-28-25-23(29-16-27(2,3)34)14-22(31-32(24)25)18-7-5-4-6-8-18/h4-9,12-15,20,29,34H,10-11,16H2,1-3H3,(H,30,33). The van der Waals surface area contributed by atoms with Crippen molar-refractivity contribution in [3.05, 3.63) is 71.9 Å². The number of fused-ring (bicyclic) bond motifs is 1. The number of hydrogen-bond acceptors (Lipinski definition) is 5. The topological polar surface area (TPSA) is 91.6 Å². The summed E-state index contributed by atoms with van der Waals surface area (Å²) >= 11 is 0. The molecule has 2 aromatic heterocycles. The third-order valence-corrected chi connectivity index (χ3v) is 5.93. The van der Waals surface area contributed by atoms with Gasteiger partial charge in [-0.3, -0.25) is 4.79 Å². The first-order valence-corrected chi connectivity index (χ1v) is 11.6. The highest BCUT2D eigenvalue weighted by Crippen LogP contribution is 2.29. The van der Waals surface area contributed by atoms with Crippen molar-refractivity contribution in [3.8, 4) is 22.5 Å². The van der Waals surface area contributed by atoms with Gasteiger partial charge in [0.25, 0.3) is 5.91 Å². The first-order chi connectivity index (χ1) is 16.3. The quantitative estimate of drug-likeness (QED) is 0.383. The van der Waals surface area contributed by atoms with Crippen LogP contribution >= 0.6 is 0 Å². The van der Waals surface area contributed by atoms with Crippen molar-refractivity contribution in [1.82, 2.24) is 19.9 Å². The monoisotopic (exact) mass is 455 g/mol. The lowest BCUT2D eigenvalue weighted by Gasteiger charge is -2.19. The van der Waals surface area contributed by atoms with Crippen LogP contribution < -0.4 is 10.6 Å². The summed E-state index contributed by atoms with van der Waals surface area (Å²) in [6.45, 7) is 5.84. The minimum atomic E-state index is -0.878. The predicted molar refractivity (Wildman–Crippen MR) is 134 cm³/mol. The molecule has 4 aromatic rings. The van der Waals surface area contributed by atoms with Gasteiger partial charge in [-0.2, -0.15) is 5.10 Å². The third kappa shape index (κ3) is 4.65. The Hall–Kier alpha value is -3.71. The molecular formula is C27H29N5O2. The summed E-state index contributed by atoms with van der Waals surface area (Å²) < 4.78 is 1.83. The molecule has 2 heterocycles. The summed E-state index contributed by atoms with van der Waals surface area (Å²) in [4.78, 5) is 17.2. The van der Waals surface area contributed by atoms with Gasteiger partial charge in [-0.1, -0.05) is 36.4 Å². The molecule has 7 nitrogen and oxygen atoms in total. The number of aliphatic hydroxyl groups is 1. The number of anilines is 1. The second-order valence-corrected chi connectivity index (χ2v) is 9.63. The molecule has 0 atom stereocenters. The second-order valence-electron chi connectivity index (χ2n) is 9.63. The van der Waals surface area contributed by atoms with Crippen molar-refractivity contribution in [2.45, 2.75) is 45.3 Å². The molecule has 0 aliphatic heterocycles. The van der Waals surface area contributed by atoms with Gasteiger partial charge in [0.1, 0.15) is 0 Å². The molecule has 3 N–H and O–H groups in total. The summed E-state index contributed by atoms with van der Waals surface area (Å²) in [5, 5.41) is 21.5. The van der Waals surface area contributed by atoms with Gasteiger partial charge in [-0.25, -0.2) is 9.50 Å². The van der Waals surface area contributed by atoms with Gasteiger partial charge < -0.3 is 15.7 Å². The van der Waals surface area contributed by atoms with Crippen LogP contribution in [0.2, 0.25) is 0 Å². The van der Waals surface area contributed by atoms with E-state index in [0.717, 1.165) is 46.6 Å². The van der Waals surface area contributed by atoms with Crippen LogP contribution in [-0.2, 0) is 0 Å². The summed E-state index contributed by atoms with van der Waals surface area (Å²) in [7, 11) is 0. The van der Waals surface area contributed by atoms with E-state index in [-0.39, 0.29) is 5.91 Å². The Bertz CT molecular complexity index is 1350. The van der Waals surface area contributed by atoms with Gasteiger partial charge >= 0.3 is 0 Å². The van der Waals surface area contributed by atoms with E-state index in [1.807, 2.05) is 66.0 Å². The molecule has 0 bridgehead atoms. The Morgan fingerprint density at radius 3 is 2.56 bits per heavy atom. The molecule has 1 amide bonds. The number of carbonyl (C=O) groups is 1. The number of aryl methyl sites for hydroxylation is 1. The fourth-order valence-electron chi connectivity index (χ4n) is 3.93. The van der Waals surface area contributed by atoms with Crippen LogP contribution in [0.1, 0.15) is 42.6 Å². The van der Waals surface area contributed by atoms with E-state index in [1.54, 1.807) is 20.0 Å². The van der Waals surface area contributed by atoms with E-state index in [0.29, 0.717) is 23.8 Å². The summed E-state index contributed by atoms with van der Waals surface area (Å²) in [5.41, 5.74) is 5.72. The Morgan fingerprint density at radius 1 is 1.12 bits per heavy atom. The molecule has 34 heavy (non-hydrogen) atoms. The lowest BCUT2D eigenvalue weighted by Crippen LogP contribution is -2.29. The van der Waals surface area contributed by atoms with Crippen LogP contribution in [0.15, 0.2) is 60.8 Å². The van der Waals surface area contributed by atoms with E-state index >= 15 is 0 Å². The Labute approximate surface area is 198 Å². The average molecular weight is 456 g/mol. The Kier molecular flexibility index (Phi) is 5.57. The number of benzene rings is 2. The molecule has 1 aliphatic carbocycles. The maximum Gasteiger partial charge on any atom is 0.251 e. The highest BCUT2D eigenvalue weighted by atomic mass is 16.3. The molecule has 1 aliphatic rings. The maximum absolute atomic E-state index is 12.6. The highest BCUT2D eigenvalue weighted by molar-refractivity contribution is 5.96. The van der Waals surface area contributed by atoms with Gasteiger partial charge in [-0.05, 0) is 57.4 Å². The number of rotatable bonds is 7. The number of nitrogens with zero attached hydrogens (tertiary/aromatic N) is 3. The molecule has 7 heteroatoms. The molecule has 1 fully saturated rings. The number of carbonyl (C=O) groups excluding carboxylic acids is 1. The second kappa shape index (κ2) is 8.57. The molecular weight excluding hydrogens is 426 g/mol. The van der Waals surface area contributed by atoms with Crippen LogP contribution in [0.25, 0.3) is 28.2 Å². The van der Waals surface area contributed by atoms with Crippen molar-refractivity contribution >= 4 is 17.2 Å². The first kappa shape index (κ1) is 22.1. The van der Waals surface area contributed by atoms with E-state index in [9.17, 15) is 9.90 Å². The highest BCUT2D eigenvalue weighted by Gasteiger charge is 2.24. The lowest BCUT2D eigenvalue weighted by atomic mass is 10.0. The molecule has 1 saturated carbocycles. The van der Waals surface area contributed by atoms with Crippen LogP contribution in [0.5, 0.6) is 0 Å². The Morgan fingerprint density at radius 2 is 1.88 bits per heavy atom. The smallest absolute Gasteiger partial charge is 0.251 e. The number of hydrogen-bond donors (Lipinski definition) is 3. The van der Waals surface area contributed by atoms with Crippen LogP contribution in [0.3, 0.4) is 0 Å². The minimum Gasteiger partial charge on any atom is -0.389 e. The third-order valence-electron chi connectivity index (χ3n) is 5.93. The van der Waals surface area contributed by atoms with Crippen LogP contribution in [0, 0.1) is 6.92 Å². The maximum atomic E-state index is 12.6. The zero-order valence-electron chi connectivity index (χ0n) is 19.7. The SMILES string of the molecule is Cc1cc(-c2cnc3c(NCC(C)(C)O)cc(-c4ccccc4)nn23)ccc1C(=O)NC1CC1. The van der Waals surface area contributed by atoms with Crippen molar-refractivity contribution in [1.29, 1.82) is 0 Å². The van der Waals surface area contributed by atoms with Crippen LogP contribution in [-0.4, -0.2) is 43.8 Å². The number of nitrogens with one attached hydrogen (secondary N) is 2. The van der Waals surface area contributed by atoms with E-state index in [2.05, 4.69) is 15.6 Å². The van der Waals surface area contributed by atoms with Crippen molar-refractivity contribution in [2.75, 3.05) is 11.9 Å². The number of amides is 1. The summed E-state index contributed by atoms with van der Waals surface area (Å²) in [6, 6.07) is 18.1. The van der Waals surface area contributed by atoms with Gasteiger partial charge in [0, 0.05) is 29.3 Å². The normalized spacial score (nSPS) is 13.8. The van der Waals surface area contributed by atoms with Crippen molar-refractivity contribution < 1.29 is 9.90 Å². The molecule has 174 valence electrons. The molecule has 0 radical (unpaired) electrons. The van der Waals surface area contributed by atoms with Crippen molar-refractivity contribution in [2.24, 2.45) is 0 Å². The van der Waals surface area contributed by atoms with Gasteiger partial charge in [-0.15, -0.1) is 0 Å². The zero-order chi connectivity index (χ0) is 23.9. The van der Waals surface area contributed by atoms with E-state index in [1.165, 1.54) is 0 Å². The molecule has 2 aromatic carbocycles. The Balaban J connectivity index is 1.57. The minimum absolute atomic E-state index is 0.0210. The molecule has 0 spiro atoms. The zero-order valence-corrected chi connectivity index (χ0v) is 19.7. The van der Waals surface area contributed by atoms with Gasteiger partial charge in [0.05, 0.1) is 28.9 Å². The van der Waals surface area contributed by atoms with Crippen LogP contribution in [0.4, 0.5) is 5.69 Å². The van der Waals surface area contributed by atoms with Crippen molar-refractivity contribution in [3.63, 3.8) is 0 Å². The number of aromatic nitrogens is 3. The van der Waals surface area contributed by atoms with E-state index < -0.39 is 5.60 Å².